The maximum atomic E-state index is 12.3. The molecule has 2 aromatic rings. The summed E-state index contributed by atoms with van der Waals surface area (Å²) in [4.78, 5) is 27.4. The summed E-state index contributed by atoms with van der Waals surface area (Å²) in [6, 6.07) is 7.52. The van der Waals surface area contributed by atoms with Crippen molar-refractivity contribution in [3.63, 3.8) is 0 Å². The van der Waals surface area contributed by atoms with Gasteiger partial charge in [0.2, 0.25) is 0 Å². The fourth-order valence-corrected chi connectivity index (χ4v) is 3.28. The third-order valence-corrected chi connectivity index (χ3v) is 4.86. The molecule has 26 heavy (non-hydrogen) atoms. The Kier molecular flexibility index (Phi) is 8.94. The van der Waals surface area contributed by atoms with Crippen LogP contribution in [0.4, 0.5) is 0 Å². The van der Waals surface area contributed by atoms with Gasteiger partial charge in [-0.25, -0.2) is 0 Å². The van der Waals surface area contributed by atoms with Crippen molar-refractivity contribution in [2.24, 2.45) is 0 Å². The van der Waals surface area contributed by atoms with Crippen LogP contribution in [0.2, 0.25) is 0 Å². The molecule has 1 amide bonds. The third kappa shape index (κ3) is 6.32. The van der Waals surface area contributed by atoms with Crippen LogP contribution in [0.1, 0.15) is 81.5 Å². The number of benzene rings is 1. The first-order chi connectivity index (χ1) is 12.7. The highest BCUT2D eigenvalue weighted by Gasteiger charge is 2.19. The van der Waals surface area contributed by atoms with Gasteiger partial charge in [-0.15, -0.1) is 0 Å². The molecule has 0 aliphatic heterocycles. The quantitative estimate of drug-likeness (QED) is 0.287. The number of hydrogen-bond acceptors (Lipinski definition) is 2. The van der Waals surface area contributed by atoms with Crippen LogP contribution in [0.5, 0.6) is 0 Å². The van der Waals surface area contributed by atoms with Gasteiger partial charge in [-0.3, -0.25) is 9.59 Å². The minimum atomic E-state index is -0.509. The number of nitrogens with one attached hydrogen (secondary N) is 2. The van der Waals surface area contributed by atoms with Crippen LogP contribution in [0.25, 0.3) is 10.9 Å². The van der Waals surface area contributed by atoms with Crippen molar-refractivity contribution in [3.8, 4) is 0 Å². The van der Waals surface area contributed by atoms with Gasteiger partial charge in [-0.05, 0) is 12.5 Å². The van der Waals surface area contributed by atoms with Gasteiger partial charge >= 0.3 is 0 Å². The Morgan fingerprint density at radius 2 is 1.50 bits per heavy atom. The Balaban J connectivity index is 1.57. The molecule has 1 heterocycles. The summed E-state index contributed by atoms with van der Waals surface area (Å²) in [6.07, 6.45) is 14.2. The summed E-state index contributed by atoms with van der Waals surface area (Å²) in [5, 5.41) is 3.56. The number of aromatic nitrogens is 1. The van der Waals surface area contributed by atoms with Gasteiger partial charge in [0, 0.05) is 23.6 Å². The molecule has 2 N–H and O–H groups in total. The van der Waals surface area contributed by atoms with Gasteiger partial charge in [-0.1, -0.05) is 82.9 Å². The number of para-hydroxylation sites is 1. The smallest absolute Gasteiger partial charge is 0.292 e. The molecule has 1 aromatic carbocycles. The SMILES string of the molecule is CCCCCCCCCCCCNC(=O)C(=O)c1c[nH]c2ccccc12. The number of amides is 1. The highest BCUT2D eigenvalue weighted by atomic mass is 16.2. The fraction of sp³-hybridized carbons (Fsp3) is 0.545. The predicted molar refractivity (Wildman–Crippen MR) is 107 cm³/mol. The maximum absolute atomic E-state index is 12.3. The monoisotopic (exact) mass is 356 g/mol. The van der Waals surface area contributed by atoms with Crippen molar-refractivity contribution in [1.29, 1.82) is 0 Å². The number of aromatic amines is 1. The lowest BCUT2D eigenvalue weighted by molar-refractivity contribution is -0.117. The minimum absolute atomic E-state index is 0.446. The highest BCUT2D eigenvalue weighted by molar-refractivity contribution is 6.44. The van der Waals surface area contributed by atoms with E-state index in [0.29, 0.717) is 12.1 Å². The van der Waals surface area contributed by atoms with Crippen molar-refractivity contribution >= 4 is 22.6 Å². The molecule has 0 radical (unpaired) electrons. The van der Waals surface area contributed by atoms with Gasteiger partial charge < -0.3 is 10.3 Å². The Labute approximate surface area is 156 Å². The lowest BCUT2D eigenvalue weighted by atomic mass is 10.1. The lowest BCUT2D eigenvalue weighted by Crippen LogP contribution is -2.31. The summed E-state index contributed by atoms with van der Waals surface area (Å²) in [6.45, 7) is 2.82. The lowest BCUT2D eigenvalue weighted by Gasteiger charge is -2.05. The van der Waals surface area contributed by atoms with Crippen LogP contribution in [-0.2, 0) is 4.79 Å². The first-order valence-electron chi connectivity index (χ1n) is 10.1. The number of fused-ring (bicyclic) bond motifs is 1. The normalized spacial score (nSPS) is 11.0. The molecule has 0 aliphatic rings. The molecular formula is C22H32N2O2. The van der Waals surface area contributed by atoms with Crippen LogP contribution in [-0.4, -0.2) is 23.2 Å². The molecule has 0 aliphatic carbocycles. The summed E-state index contributed by atoms with van der Waals surface area (Å²) in [5.41, 5.74) is 1.32. The van der Waals surface area contributed by atoms with Gasteiger partial charge in [0.25, 0.3) is 11.7 Å². The topological polar surface area (TPSA) is 62.0 Å². The molecule has 0 fully saturated rings. The average molecular weight is 357 g/mol. The van der Waals surface area contributed by atoms with E-state index in [9.17, 15) is 9.59 Å². The van der Waals surface area contributed by atoms with Crippen molar-refractivity contribution in [2.75, 3.05) is 6.54 Å². The first kappa shape index (κ1) is 20.2. The Hall–Kier alpha value is -2.10. The van der Waals surface area contributed by atoms with E-state index in [1.165, 1.54) is 51.4 Å². The van der Waals surface area contributed by atoms with Crippen LogP contribution in [0.15, 0.2) is 30.5 Å². The Morgan fingerprint density at radius 1 is 0.885 bits per heavy atom. The molecule has 0 bridgehead atoms. The molecule has 4 heteroatoms. The number of unbranched alkanes of at least 4 members (excludes halogenated alkanes) is 9. The van der Waals surface area contributed by atoms with Gasteiger partial charge in [0.15, 0.2) is 0 Å². The van der Waals surface area contributed by atoms with Gasteiger partial charge in [0.05, 0.1) is 5.56 Å². The number of ketones is 1. The number of H-pyrrole nitrogens is 1. The number of hydrogen-bond donors (Lipinski definition) is 2. The average Bonchev–Trinajstić information content (AvgIpc) is 3.09. The van der Waals surface area contributed by atoms with E-state index in [1.807, 2.05) is 24.3 Å². The van der Waals surface area contributed by atoms with Crippen LogP contribution >= 0.6 is 0 Å². The maximum Gasteiger partial charge on any atom is 0.292 e. The summed E-state index contributed by atoms with van der Waals surface area (Å²) in [5.74, 6) is -0.972. The number of rotatable bonds is 13. The molecule has 0 saturated heterocycles. The summed E-state index contributed by atoms with van der Waals surface area (Å²) in [7, 11) is 0. The van der Waals surface area contributed by atoms with Crippen molar-refractivity contribution < 1.29 is 9.59 Å². The molecule has 0 spiro atoms. The molecule has 2 rings (SSSR count). The van der Waals surface area contributed by atoms with Crippen molar-refractivity contribution in [2.45, 2.75) is 71.1 Å². The zero-order valence-electron chi connectivity index (χ0n) is 16.0. The fourth-order valence-electron chi connectivity index (χ4n) is 3.28. The summed E-state index contributed by atoms with van der Waals surface area (Å²) < 4.78 is 0. The molecule has 0 saturated carbocycles. The minimum Gasteiger partial charge on any atom is -0.360 e. The van der Waals surface area contributed by atoms with E-state index in [4.69, 9.17) is 0 Å². The van der Waals surface area contributed by atoms with E-state index in [0.717, 1.165) is 23.7 Å². The number of carbonyl (C=O) groups excluding carboxylic acids is 2. The van der Waals surface area contributed by atoms with Crippen LogP contribution in [0, 0.1) is 0 Å². The van der Waals surface area contributed by atoms with E-state index in [2.05, 4.69) is 17.2 Å². The second-order valence-corrected chi connectivity index (χ2v) is 7.01. The predicted octanol–water partition coefficient (Wildman–Crippen LogP) is 5.39. The van der Waals surface area contributed by atoms with Crippen molar-refractivity contribution in [1.82, 2.24) is 10.3 Å². The molecule has 1 aromatic heterocycles. The van der Waals surface area contributed by atoms with Crippen molar-refractivity contribution in [3.05, 3.63) is 36.0 Å². The van der Waals surface area contributed by atoms with E-state index >= 15 is 0 Å². The Bertz CT molecular complexity index is 690. The summed E-state index contributed by atoms with van der Waals surface area (Å²) >= 11 is 0. The molecule has 0 unspecified atom stereocenters. The zero-order valence-corrected chi connectivity index (χ0v) is 16.0. The van der Waals surface area contributed by atoms with E-state index < -0.39 is 11.7 Å². The molecule has 0 atom stereocenters. The largest absolute Gasteiger partial charge is 0.360 e. The highest BCUT2D eigenvalue weighted by Crippen LogP contribution is 2.18. The molecular weight excluding hydrogens is 324 g/mol. The Morgan fingerprint density at radius 3 is 2.19 bits per heavy atom. The zero-order chi connectivity index (χ0) is 18.6. The van der Waals surface area contributed by atoms with Gasteiger partial charge in [-0.2, -0.15) is 0 Å². The number of carbonyl (C=O) groups is 2. The first-order valence-corrected chi connectivity index (χ1v) is 10.1. The van der Waals surface area contributed by atoms with Gasteiger partial charge in [0.1, 0.15) is 0 Å². The standard InChI is InChI=1S/C22H32N2O2/c1-2-3-4-5-6-7-8-9-10-13-16-23-22(26)21(25)19-17-24-20-15-12-11-14-18(19)20/h11-12,14-15,17,24H,2-10,13,16H2,1H3,(H,23,26). The van der Waals surface area contributed by atoms with Crippen LogP contribution in [0.3, 0.4) is 0 Å². The number of Topliss-reactive ketones (excluding diaryl/α,β-unsaturated/α-hetero) is 1. The molecule has 4 nitrogen and oxygen atoms in total. The second kappa shape index (κ2) is 11.5. The molecule has 142 valence electrons. The third-order valence-electron chi connectivity index (χ3n) is 4.86. The van der Waals surface area contributed by atoms with E-state index in [1.54, 1.807) is 6.20 Å². The van der Waals surface area contributed by atoms with E-state index in [-0.39, 0.29) is 0 Å². The second-order valence-electron chi connectivity index (χ2n) is 7.01. The van der Waals surface area contributed by atoms with Crippen LogP contribution < -0.4 is 5.32 Å².